The van der Waals surface area contributed by atoms with Crippen molar-refractivity contribution in [2.24, 2.45) is 0 Å². The molecule has 3 heteroatoms. The SMILES string of the molecule is CCOC(=O)CC1=C(O)C=CCC1. The van der Waals surface area contributed by atoms with Crippen LogP contribution >= 0.6 is 0 Å². The number of ether oxygens (including phenoxy) is 1. The highest BCUT2D eigenvalue weighted by molar-refractivity contribution is 5.72. The smallest absolute Gasteiger partial charge is 0.310 e. The van der Waals surface area contributed by atoms with Crippen LogP contribution in [-0.4, -0.2) is 17.7 Å². The minimum atomic E-state index is -0.264. The van der Waals surface area contributed by atoms with Crippen molar-refractivity contribution in [3.8, 4) is 0 Å². The summed E-state index contributed by atoms with van der Waals surface area (Å²) in [5.74, 6) is -0.0429. The summed E-state index contributed by atoms with van der Waals surface area (Å²) in [7, 11) is 0. The van der Waals surface area contributed by atoms with Crippen LogP contribution in [0.5, 0.6) is 0 Å². The van der Waals surface area contributed by atoms with Gasteiger partial charge in [-0.05, 0) is 31.4 Å². The van der Waals surface area contributed by atoms with E-state index in [0.29, 0.717) is 6.61 Å². The maximum Gasteiger partial charge on any atom is 0.310 e. The summed E-state index contributed by atoms with van der Waals surface area (Å²) in [6.45, 7) is 2.16. The highest BCUT2D eigenvalue weighted by Crippen LogP contribution is 2.20. The Bertz CT molecular complexity index is 251. The minimum Gasteiger partial charge on any atom is -0.508 e. The van der Waals surface area contributed by atoms with E-state index in [2.05, 4.69) is 0 Å². The predicted molar refractivity (Wildman–Crippen MR) is 49.3 cm³/mol. The van der Waals surface area contributed by atoms with Crippen LogP contribution in [0.25, 0.3) is 0 Å². The third-order valence-corrected chi connectivity index (χ3v) is 1.91. The number of rotatable bonds is 3. The Labute approximate surface area is 77.7 Å². The van der Waals surface area contributed by atoms with Gasteiger partial charge in [-0.15, -0.1) is 0 Å². The number of hydrogen-bond donors (Lipinski definition) is 1. The van der Waals surface area contributed by atoms with Gasteiger partial charge in [0.1, 0.15) is 5.76 Å². The van der Waals surface area contributed by atoms with Gasteiger partial charge in [0.05, 0.1) is 13.0 Å². The van der Waals surface area contributed by atoms with Gasteiger partial charge in [-0.2, -0.15) is 0 Å². The van der Waals surface area contributed by atoms with Crippen LogP contribution in [0, 0.1) is 0 Å². The van der Waals surface area contributed by atoms with E-state index in [1.807, 2.05) is 6.08 Å². The largest absolute Gasteiger partial charge is 0.508 e. The first kappa shape index (κ1) is 9.84. The molecular formula is C10H14O3. The van der Waals surface area contributed by atoms with E-state index in [9.17, 15) is 9.90 Å². The summed E-state index contributed by atoms with van der Waals surface area (Å²) in [4.78, 5) is 11.1. The molecule has 0 unspecified atom stereocenters. The number of carbonyl (C=O) groups excluding carboxylic acids is 1. The monoisotopic (exact) mass is 182 g/mol. The Morgan fingerprint density at radius 3 is 3.08 bits per heavy atom. The first-order chi connectivity index (χ1) is 6.24. The number of aliphatic hydroxyl groups is 1. The fourth-order valence-corrected chi connectivity index (χ4v) is 1.26. The molecule has 1 rings (SSSR count). The Morgan fingerprint density at radius 1 is 1.69 bits per heavy atom. The number of hydrogen-bond acceptors (Lipinski definition) is 3. The van der Waals surface area contributed by atoms with E-state index in [1.54, 1.807) is 13.0 Å². The van der Waals surface area contributed by atoms with Gasteiger partial charge in [0, 0.05) is 0 Å². The van der Waals surface area contributed by atoms with Gasteiger partial charge in [-0.25, -0.2) is 0 Å². The molecule has 0 saturated carbocycles. The van der Waals surface area contributed by atoms with Crippen molar-refractivity contribution >= 4 is 5.97 Å². The van der Waals surface area contributed by atoms with Gasteiger partial charge in [-0.1, -0.05) is 6.08 Å². The molecule has 0 fully saturated rings. The molecule has 0 heterocycles. The van der Waals surface area contributed by atoms with Gasteiger partial charge in [0.25, 0.3) is 0 Å². The van der Waals surface area contributed by atoms with E-state index in [-0.39, 0.29) is 18.1 Å². The van der Waals surface area contributed by atoms with Crippen molar-refractivity contribution in [2.75, 3.05) is 6.61 Å². The van der Waals surface area contributed by atoms with Crippen LogP contribution in [0.2, 0.25) is 0 Å². The molecule has 0 saturated heterocycles. The van der Waals surface area contributed by atoms with Crippen molar-refractivity contribution in [1.29, 1.82) is 0 Å². The van der Waals surface area contributed by atoms with Gasteiger partial charge in [-0.3, -0.25) is 4.79 Å². The summed E-state index contributed by atoms with van der Waals surface area (Å²) in [5, 5.41) is 9.37. The number of esters is 1. The molecule has 13 heavy (non-hydrogen) atoms. The van der Waals surface area contributed by atoms with Crippen LogP contribution in [-0.2, 0) is 9.53 Å². The number of allylic oxidation sites excluding steroid dienone is 2. The second kappa shape index (κ2) is 4.70. The molecule has 0 spiro atoms. The molecule has 1 N–H and O–H groups in total. The molecule has 0 aromatic heterocycles. The maximum atomic E-state index is 11.1. The van der Waals surface area contributed by atoms with Crippen molar-refractivity contribution in [3.63, 3.8) is 0 Å². The number of aliphatic hydroxyl groups excluding tert-OH is 1. The van der Waals surface area contributed by atoms with Gasteiger partial charge < -0.3 is 9.84 Å². The molecule has 0 amide bonds. The average Bonchev–Trinajstić information content (AvgIpc) is 2.09. The van der Waals surface area contributed by atoms with Crippen LogP contribution in [0.1, 0.15) is 26.2 Å². The van der Waals surface area contributed by atoms with Gasteiger partial charge >= 0.3 is 5.97 Å². The second-order valence-corrected chi connectivity index (χ2v) is 2.91. The van der Waals surface area contributed by atoms with E-state index < -0.39 is 0 Å². The Balaban J connectivity index is 2.52. The van der Waals surface area contributed by atoms with Gasteiger partial charge in [0.15, 0.2) is 0 Å². The lowest BCUT2D eigenvalue weighted by Gasteiger charge is -2.10. The lowest BCUT2D eigenvalue weighted by molar-refractivity contribution is -0.142. The topological polar surface area (TPSA) is 46.5 Å². The fraction of sp³-hybridized carbons (Fsp3) is 0.500. The molecule has 1 aliphatic rings. The fourth-order valence-electron chi connectivity index (χ4n) is 1.26. The molecule has 3 nitrogen and oxygen atoms in total. The highest BCUT2D eigenvalue weighted by atomic mass is 16.5. The molecule has 0 bridgehead atoms. The summed E-state index contributed by atoms with van der Waals surface area (Å²) >= 11 is 0. The van der Waals surface area contributed by atoms with Crippen LogP contribution in [0.3, 0.4) is 0 Å². The van der Waals surface area contributed by atoms with Gasteiger partial charge in [0.2, 0.25) is 0 Å². The summed E-state index contributed by atoms with van der Waals surface area (Å²) in [5.41, 5.74) is 0.779. The predicted octanol–water partition coefficient (Wildman–Crippen LogP) is 2.10. The molecule has 0 atom stereocenters. The van der Waals surface area contributed by atoms with Crippen molar-refractivity contribution < 1.29 is 14.6 Å². The third-order valence-electron chi connectivity index (χ3n) is 1.91. The minimum absolute atomic E-state index is 0.212. The molecule has 72 valence electrons. The quantitative estimate of drug-likeness (QED) is 0.680. The zero-order chi connectivity index (χ0) is 9.68. The first-order valence-corrected chi connectivity index (χ1v) is 4.47. The molecule has 1 aliphatic carbocycles. The first-order valence-electron chi connectivity index (χ1n) is 4.47. The lowest BCUT2D eigenvalue weighted by Crippen LogP contribution is -2.07. The number of carbonyl (C=O) groups is 1. The van der Waals surface area contributed by atoms with Crippen LogP contribution in [0.4, 0.5) is 0 Å². The Kier molecular flexibility index (Phi) is 3.55. The summed E-state index contributed by atoms with van der Waals surface area (Å²) in [6.07, 6.45) is 5.38. The molecule has 0 aliphatic heterocycles. The van der Waals surface area contributed by atoms with E-state index in [0.717, 1.165) is 18.4 Å². The standard InChI is InChI=1S/C10H14O3/c1-2-13-10(12)7-8-5-3-4-6-9(8)11/h4,6,11H,2-3,5,7H2,1H3. The average molecular weight is 182 g/mol. The Hall–Kier alpha value is -1.25. The van der Waals surface area contributed by atoms with Crippen molar-refractivity contribution in [1.82, 2.24) is 0 Å². The molecule has 0 radical (unpaired) electrons. The third kappa shape index (κ3) is 2.93. The summed E-state index contributed by atoms with van der Waals surface area (Å²) < 4.78 is 4.78. The molecule has 0 aromatic carbocycles. The van der Waals surface area contributed by atoms with E-state index in [4.69, 9.17) is 4.74 Å². The lowest BCUT2D eigenvalue weighted by atomic mass is 10.0. The normalized spacial score (nSPS) is 16.1. The zero-order valence-electron chi connectivity index (χ0n) is 7.75. The molecular weight excluding hydrogens is 168 g/mol. The zero-order valence-corrected chi connectivity index (χ0v) is 7.75. The highest BCUT2D eigenvalue weighted by Gasteiger charge is 2.12. The van der Waals surface area contributed by atoms with E-state index in [1.165, 1.54) is 0 Å². The second-order valence-electron chi connectivity index (χ2n) is 2.91. The van der Waals surface area contributed by atoms with Crippen LogP contribution < -0.4 is 0 Å². The Morgan fingerprint density at radius 2 is 2.46 bits per heavy atom. The summed E-state index contributed by atoms with van der Waals surface area (Å²) in [6, 6.07) is 0. The molecule has 0 aromatic rings. The maximum absolute atomic E-state index is 11.1. The van der Waals surface area contributed by atoms with E-state index >= 15 is 0 Å². The van der Waals surface area contributed by atoms with Crippen molar-refractivity contribution in [2.45, 2.75) is 26.2 Å². The van der Waals surface area contributed by atoms with Crippen molar-refractivity contribution in [3.05, 3.63) is 23.5 Å². The van der Waals surface area contributed by atoms with Crippen LogP contribution in [0.15, 0.2) is 23.5 Å².